The lowest BCUT2D eigenvalue weighted by molar-refractivity contribution is -0.305. The molecule has 0 saturated carbocycles. The molecule has 11 heteroatoms. The Kier molecular flexibility index (Phi) is 50.8. The molecule has 0 radical (unpaired) electrons. The molecule has 1 saturated heterocycles. The van der Waals surface area contributed by atoms with Crippen molar-refractivity contribution in [3.05, 3.63) is 85.1 Å². The van der Waals surface area contributed by atoms with Gasteiger partial charge in [0.25, 0.3) is 0 Å². The van der Waals surface area contributed by atoms with Gasteiger partial charge in [-0.05, 0) is 83.5 Å². The third-order valence-corrected chi connectivity index (χ3v) is 14.6. The smallest absolute Gasteiger partial charge is 0.306 e. The van der Waals surface area contributed by atoms with E-state index in [1.54, 1.807) is 6.08 Å². The van der Waals surface area contributed by atoms with Gasteiger partial charge in [0.15, 0.2) is 12.4 Å². The van der Waals surface area contributed by atoms with Crippen LogP contribution in [-0.2, 0) is 23.8 Å². The van der Waals surface area contributed by atoms with Gasteiger partial charge in [0.2, 0.25) is 5.91 Å². The topological polar surface area (TPSA) is 175 Å². The van der Waals surface area contributed by atoms with Crippen molar-refractivity contribution in [3.63, 3.8) is 0 Å². The Bertz CT molecular complexity index is 1590. The molecule has 6 N–H and O–H groups in total. The Morgan fingerprint density at radius 3 is 1.51 bits per heavy atom. The molecule has 0 spiro atoms. The molecule has 0 bridgehead atoms. The Morgan fingerprint density at radius 1 is 0.526 bits per heavy atom. The van der Waals surface area contributed by atoms with Crippen LogP contribution in [0.25, 0.3) is 0 Å². The van der Waals surface area contributed by atoms with E-state index in [4.69, 9.17) is 14.2 Å². The second kappa shape index (κ2) is 54.4. The Hall–Kier alpha value is -3.16. The molecule has 0 aromatic heterocycles. The van der Waals surface area contributed by atoms with Crippen LogP contribution in [0.15, 0.2) is 85.1 Å². The zero-order valence-corrected chi connectivity index (χ0v) is 49.8. The zero-order chi connectivity index (χ0) is 56.8. The predicted molar refractivity (Wildman–Crippen MR) is 324 cm³/mol. The number of esters is 1. The van der Waals surface area contributed by atoms with Crippen molar-refractivity contribution < 1.29 is 49.3 Å². The number of aliphatic hydroxyl groups is 5. The van der Waals surface area contributed by atoms with Crippen LogP contribution in [0.2, 0.25) is 0 Å². The molecular weight excluding hydrogens is 979 g/mol. The van der Waals surface area contributed by atoms with Gasteiger partial charge in [-0.15, -0.1) is 0 Å². The summed E-state index contributed by atoms with van der Waals surface area (Å²) in [5.74, 6) is -1.22. The first-order valence-corrected chi connectivity index (χ1v) is 31.9. The monoisotopic (exact) mass is 1100 g/mol. The summed E-state index contributed by atoms with van der Waals surface area (Å²) >= 11 is 0. The van der Waals surface area contributed by atoms with Gasteiger partial charge in [0.05, 0.1) is 25.4 Å². The van der Waals surface area contributed by atoms with Crippen molar-refractivity contribution >= 4 is 11.9 Å². The third-order valence-electron chi connectivity index (χ3n) is 14.6. The number of hydrogen-bond acceptors (Lipinski definition) is 10. The van der Waals surface area contributed by atoms with Crippen LogP contribution in [0.3, 0.4) is 0 Å². The number of unbranched alkanes of at least 4 members (excludes halogenated alkanes) is 29. The maximum absolute atomic E-state index is 13.4. The van der Waals surface area contributed by atoms with Crippen molar-refractivity contribution in [3.8, 4) is 0 Å². The van der Waals surface area contributed by atoms with E-state index in [-0.39, 0.29) is 19.4 Å². The molecule has 1 rings (SSSR count). The fourth-order valence-corrected chi connectivity index (χ4v) is 9.54. The molecule has 1 aliphatic heterocycles. The molecule has 11 nitrogen and oxygen atoms in total. The fraction of sp³-hybridized carbons (Fsp3) is 0.761. The van der Waals surface area contributed by atoms with Crippen molar-refractivity contribution in [1.82, 2.24) is 5.32 Å². The number of carbonyl (C=O) groups excluding carboxylic acids is 2. The third kappa shape index (κ3) is 41.8. The largest absolute Gasteiger partial charge is 0.454 e. The summed E-state index contributed by atoms with van der Waals surface area (Å²) in [6.07, 6.45) is 60.6. The predicted octanol–water partition coefficient (Wildman–Crippen LogP) is 15.3. The maximum atomic E-state index is 13.4. The standard InChI is InChI=1S/C67H117NO10/c1-4-7-10-13-16-19-22-25-26-27-28-29-30-31-32-33-34-35-36-37-40-43-46-49-52-55-62(72)78-65-64(74)63(73)61(56-69)77-67(65)76-57-58(59(70)53-50-47-44-41-38-23-20-17-14-11-8-5-2)68-66(75)60(71)54-51-48-45-42-39-24-21-18-15-12-9-6-3/h9,12,15-16,18-19,21,24-26,28-29,50,53,58-61,63-65,67,69-71,73-74H,4-8,10-11,13-14,17,20,22-23,27,30-49,51-52,54-57H2,1-3H3,(H,68,75)/b12-9+,18-15+,19-16-,24-21-,26-25-,29-28-,53-50+. The van der Waals surface area contributed by atoms with Gasteiger partial charge in [-0.25, -0.2) is 0 Å². The molecule has 8 unspecified atom stereocenters. The molecule has 78 heavy (non-hydrogen) atoms. The normalized spacial score (nSPS) is 19.5. The lowest BCUT2D eigenvalue weighted by Gasteiger charge is -2.41. The first-order chi connectivity index (χ1) is 38.2. The first-order valence-electron chi connectivity index (χ1n) is 31.9. The molecule has 1 aliphatic rings. The van der Waals surface area contributed by atoms with E-state index in [2.05, 4.69) is 74.7 Å². The van der Waals surface area contributed by atoms with E-state index < -0.39 is 67.4 Å². The van der Waals surface area contributed by atoms with Crippen LogP contribution in [0.5, 0.6) is 0 Å². The number of hydrogen-bond donors (Lipinski definition) is 6. The van der Waals surface area contributed by atoms with E-state index in [1.807, 2.05) is 30.4 Å². The van der Waals surface area contributed by atoms with E-state index in [0.29, 0.717) is 12.8 Å². The maximum Gasteiger partial charge on any atom is 0.306 e. The summed E-state index contributed by atoms with van der Waals surface area (Å²) in [5.41, 5.74) is 0. The minimum absolute atomic E-state index is 0.115. The van der Waals surface area contributed by atoms with Crippen molar-refractivity contribution in [1.29, 1.82) is 0 Å². The highest BCUT2D eigenvalue weighted by Crippen LogP contribution is 2.26. The molecule has 1 amide bonds. The summed E-state index contributed by atoms with van der Waals surface area (Å²) in [7, 11) is 0. The molecule has 450 valence electrons. The van der Waals surface area contributed by atoms with Gasteiger partial charge in [0, 0.05) is 6.42 Å². The fourth-order valence-electron chi connectivity index (χ4n) is 9.54. The van der Waals surface area contributed by atoms with Gasteiger partial charge in [-0.2, -0.15) is 0 Å². The summed E-state index contributed by atoms with van der Waals surface area (Å²) < 4.78 is 17.6. The van der Waals surface area contributed by atoms with Gasteiger partial charge in [0.1, 0.15) is 24.4 Å². The van der Waals surface area contributed by atoms with E-state index in [9.17, 15) is 35.1 Å². The lowest BCUT2D eigenvalue weighted by atomic mass is 9.99. The van der Waals surface area contributed by atoms with E-state index >= 15 is 0 Å². The molecule has 1 heterocycles. The first kappa shape index (κ1) is 72.9. The van der Waals surface area contributed by atoms with Gasteiger partial charge >= 0.3 is 5.97 Å². The average molecular weight is 1100 g/mol. The SMILES string of the molecule is CC/C=C/C=C/C=C\CCCCCCC(O)C(=O)NC(COC1OC(CO)C(O)C(O)C1OC(=O)CCCCCCCCCCCCCC/C=C\C/C=C\C/C=C\CCCCC)C(O)/C=C/CCCCCCCCCCCC. The van der Waals surface area contributed by atoms with E-state index in [0.717, 1.165) is 83.5 Å². The van der Waals surface area contributed by atoms with Gasteiger partial charge in [-0.1, -0.05) is 260 Å². The van der Waals surface area contributed by atoms with Gasteiger partial charge < -0.3 is 45.1 Å². The Morgan fingerprint density at radius 2 is 0.974 bits per heavy atom. The number of amides is 1. The van der Waals surface area contributed by atoms with Crippen LogP contribution in [-0.4, -0.2) is 99.6 Å². The molecule has 0 aromatic rings. The Labute approximate surface area is 476 Å². The quantitative estimate of drug-likeness (QED) is 0.0149. The molecular formula is C67H117NO10. The number of rotatable bonds is 53. The van der Waals surface area contributed by atoms with Crippen molar-refractivity contribution in [2.75, 3.05) is 13.2 Å². The van der Waals surface area contributed by atoms with Crippen LogP contribution < -0.4 is 5.32 Å². The van der Waals surface area contributed by atoms with Crippen LogP contribution in [0.4, 0.5) is 0 Å². The van der Waals surface area contributed by atoms with Crippen molar-refractivity contribution in [2.45, 2.75) is 314 Å². The summed E-state index contributed by atoms with van der Waals surface area (Å²) in [5, 5.41) is 56.9. The van der Waals surface area contributed by atoms with Crippen LogP contribution in [0.1, 0.15) is 265 Å². The van der Waals surface area contributed by atoms with Crippen LogP contribution >= 0.6 is 0 Å². The van der Waals surface area contributed by atoms with Crippen molar-refractivity contribution in [2.24, 2.45) is 0 Å². The summed E-state index contributed by atoms with van der Waals surface area (Å²) in [6, 6.07) is -1.04. The number of allylic oxidation sites excluding steroid dienone is 13. The number of nitrogens with one attached hydrogen (secondary N) is 1. The minimum atomic E-state index is -1.62. The average Bonchev–Trinajstić information content (AvgIpc) is 3.45. The zero-order valence-electron chi connectivity index (χ0n) is 49.8. The molecule has 0 aliphatic carbocycles. The van der Waals surface area contributed by atoms with Gasteiger partial charge in [-0.3, -0.25) is 9.59 Å². The van der Waals surface area contributed by atoms with Crippen LogP contribution in [0, 0.1) is 0 Å². The second-order valence-corrected chi connectivity index (χ2v) is 21.8. The molecule has 8 atom stereocenters. The highest BCUT2D eigenvalue weighted by molar-refractivity contribution is 5.80. The number of aliphatic hydroxyl groups excluding tert-OH is 5. The summed E-state index contributed by atoms with van der Waals surface area (Å²) in [4.78, 5) is 26.5. The number of carbonyl (C=O) groups is 2. The lowest BCUT2D eigenvalue weighted by Crippen LogP contribution is -2.61. The second-order valence-electron chi connectivity index (χ2n) is 21.8. The number of ether oxygens (including phenoxy) is 3. The minimum Gasteiger partial charge on any atom is -0.454 e. The highest BCUT2D eigenvalue weighted by atomic mass is 16.7. The molecule has 1 fully saturated rings. The van der Waals surface area contributed by atoms with E-state index in [1.165, 1.54) is 135 Å². The highest BCUT2D eigenvalue weighted by Gasteiger charge is 2.47. The Balaban J connectivity index is 2.59. The molecule has 0 aromatic carbocycles. The summed E-state index contributed by atoms with van der Waals surface area (Å²) in [6.45, 7) is 5.61.